The molecule has 6 nitrogen and oxygen atoms in total. The van der Waals surface area contributed by atoms with Crippen molar-refractivity contribution in [3.8, 4) is 11.5 Å². The van der Waals surface area contributed by atoms with E-state index in [9.17, 15) is 9.59 Å². The molecule has 1 aromatic rings. The molecule has 1 aliphatic rings. The standard InChI is InChI=1S/C22H34N2O4/c1-5-18(6-2)22(26)24-14-12-23(13-15-24)21(25)11-9-17-8-10-19(28-7-3)20(16-17)27-4/h8,10,16,18H,5-7,9,11-15H2,1-4H3. The summed E-state index contributed by atoms with van der Waals surface area (Å²) in [6.07, 6.45) is 2.87. The van der Waals surface area contributed by atoms with E-state index in [1.54, 1.807) is 7.11 Å². The number of rotatable bonds is 9. The van der Waals surface area contributed by atoms with Gasteiger partial charge < -0.3 is 19.3 Å². The second-order valence-corrected chi connectivity index (χ2v) is 7.14. The molecular weight excluding hydrogens is 356 g/mol. The number of amides is 2. The fourth-order valence-electron chi connectivity index (χ4n) is 3.62. The minimum absolute atomic E-state index is 0.108. The molecule has 0 bridgehead atoms. The zero-order chi connectivity index (χ0) is 20.5. The zero-order valence-corrected chi connectivity index (χ0v) is 17.7. The van der Waals surface area contributed by atoms with Crippen LogP contribution in [0.25, 0.3) is 0 Å². The minimum Gasteiger partial charge on any atom is -0.493 e. The molecule has 0 radical (unpaired) electrons. The Labute approximate surface area is 168 Å². The number of benzene rings is 1. The van der Waals surface area contributed by atoms with Gasteiger partial charge in [0, 0.05) is 38.5 Å². The largest absolute Gasteiger partial charge is 0.493 e. The monoisotopic (exact) mass is 390 g/mol. The normalized spacial score (nSPS) is 14.3. The van der Waals surface area contributed by atoms with Crippen LogP contribution in [0.1, 0.15) is 45.6 Å². The van der Waals surface area contributed by atoms with Crippen molar-refractivity contribution in [2.24, 2.45) is 5.92 Å². The SMILES string of the molecule is CCOc1ccc(CCC(=O)N2CCN(C(=O)C(CC)CC)CC2)cc1OC. The molecule has 0 N–H and O–H groups in total. The van der Waals surface area contributed by atoms with Gasteiger partial charge in [0.25, 0.3) is 0 Å². The van der Waals surface area contributed by atoms with Crippen molar-refractivity contribution in [2.45, 2.75) is 46.5 Å². The van der Waals surface area contributed by atoms with Gasteiger partial charge in [-0.15, -0.1) is 0 Å². The summed E-state index contributed by atoms with van der Waals surface area (Å²) < 4.78 is 10.9. The topological polar surface area (TPSA) is 59.1 Å². The number of ether oxygens (including phenoxy) is 2. The number of hydrogen-bond donors (Lipinski definition) is 0. The first-order valence-corrected chi connectivity index (χ1v) is 10.4. The molecule has 0 aromatic heterocycles. The quantitative estimate of drug-likeness (QED) is 0.650. The molecule has 0 atom stereocenters. The zero-order valence-electron chi connectivity index (χ0n) is 17.7. The molecule has 0 aliphatic carbocycles. The summed E-state index contributed by atoms with van der Waals surface area (Å²) in [6, 6.07) is 5.81. The van der Waals surface area contributed by atoms with Gasteiger partial charge >= 0.3 is 0 Å². The van der Waals surface area contributed by atoms with Gasteiger partial charge in [-0.3, -0.25) is 9.59 Å². The predicted octanol–water partition coefficient (Wildman–Crippen LogP) is 3.13. The molecular formula is C22H34N2O4. The van der Waals surface area contributed by atoms with Crippen molar-refractivity contribution in [1.29, 1.82) is 0 Å². The number of hydrogen-bond acceptors (Lipinski definition) is 4. The van der Waals surface area contributed by atoms with Crippen molar-refractivity contribution < 1.29 is 19.1 Å². The summed E-state index contributed by atoms with van der Waals surface area (Å²) in [5, 5.41) is 0. The maximum atomic E-state index is 12.6. The van der Waals surface area contributed by atoms with Crippen LogP contribution in [-0.4, -0.2) is 61.5 Å². The molecule has 1 aliphatic heterocycles. The van der Waals surface area contributed by atoms with E-state index in [1.165, 1.54) is 0 Å². The van der Waals surface area contributed by atoms with Gasteiger partial charge in [-0.2, -0.15) is 0 Å². The Morgan fingerprint density at radius 2 is 1.64 bits per heavy atom. The third-order valence-electron chi connectivity index (χ3n) is 5.43. The number of nitrogens with zero attached hydrogens (tertiary/aromatic N) is 2. The van der Waals surface area contributed by atoms with Crippen LogP contribution in [0.3, 0.4) is 0 Å². The van der Waals surface area contributed by atoms with Gasteiger partial charge in [-0.25, -0.2) is 0 Å². The van der Waals surface area contributed by atoms with E-state index in [-0.39, 0.29) is 17.7 Å². The van der Waals surface area contributed by atoms with Crippen molar-refractivity contribution in [2.75, 3.05) is 39.9 Å². The van der Waals surface area contributed by atoms with Gasteiger partial charge in [0.15, 0.2) is 11.5 Å². The van der Waals surface area contributed by atoms with Crippen LogP contribution in [0.15, 0.2) is 18.2 Å². The van der Waals surface area contributed by atoms with Gasteiger partial charge in [0.2, 0.25) is 11.8 Å². The maximum absolute atomic E-state index is 12.6. The number of piperazine rings is 1. The fraction of sp³-hybridized carbons (Fsp3) is 0.636. The summed E-state index contributed by atoms with van der Waals surface area (Å²) in [6.45, 7) is 9.15. The Hall–Kier alpha value is -2.24. The maximum Gasteiger partial charge on any atom is 0.225 e. The molecule has 6 heteroatoms. The third-order valence-corrected chi connectivity index (χ3v) is 5.43. The minimum atomic E-state index is 0.108. The Morgan fingerprint density at radius 3 is 2.21 bits per heavy atom. The van der Waals surface area contributed by atoms with E-state index in [0.29, 0.717) is 51.4 Å². The van der Waals surface area contributed by atoms with Crippen molar-refractivity contribution in [3.05, 3.63) is 23.8 Å². The Morgan fingerprint density at radius 1 is 1.00 bits per heavy atom. The molecule has 1 fully saturated rings. The first kappa shape index (κ1) is 22.1. The van der Waals surface area contributed by atoms with Gasteiger partial charge in [-0.1, -0.05) is 19.9 Å². The molecule has 0 spiro atoms. The number of methoxy groups -OCH3 is 1. The van der Waals surface area contributed by atoms with E-state index >= 15 is 0 Å². The average molecular weight is 391 g/mol. The van der Waals surface area contributed by atoms with Crippen molar-refractivity contribution >= 4 is 11.8 Å². The predicted molar refractivity (Wildman–Crippen MR) is 110 cm³/mol. The van der Waals surface area contributed by atoms with Crippen LogP contribution in [0.2, 0.25) is 0 Å². The molecule has 2 amide bonds. The lowest BCUT2D eigenvalue weighted by Crippen LogP contribution is -2.51. The fourth-order valence-corrected chi connectivity index (χ4v) is 3.62. The lowest BCUT2D eigenvalue weighted by atomic mass is 10.0. The van der Waals surface area contributed by atoms with E-state index in [1.807, 2.05) is 34.9 Å². The number of carbonyl (C=O) groups is 2. The number of aryl methyl sites for hydroxylation is 1. The Balaban J connectivity index is 1.84. The molecule has 1 saturated heterocycles. The first-order chi connectivity index (χ1) is 13.5. The van der Waals surface area contributed by atoms with Crippen molar-refractivity contribution in [1.82, 2.24) is 9.80 Å². The third kappa shape index (κ3) is 5.63. The summed E-state index contributed by atoms with van der Waals surface area (Å²) in [4.78, 5) is 28.9. The average Bonchev–Trinajstić information content (AvgIpc) is 2.73. The lowest BCUT2D eigenvalue weighted by molar-refractivity contribution is -0.142. The van der Waals surface area contributed by atoms with Crippen LogP contribution in [0.4, 0.5) is 0 Å². The summed E-state index contributed by atoms with van der Waals surface area (Å²) in [5.74, 6) is 1.90. The summed E-state index contributed by atoms with van der Waals surface area (Å²) in [5.41, 5.74) is 1.05. The molecule has 156 valence electrons. The van der Waals surface area contributed by atoms with E-state index in [0.717, 1.165) is 24.2 Å². The van der Waals surface area contributed by atoms with Crippen molar-refractivity contribution in [3.63, 3.8) is 0 Å². The van der Waals surface area contributed by atoms with Crippen LogP contribution in [0, 0.1) is 5.92 Å². The molecule has 0 saturated carbocycles. The molecule has 1 heterocycles. The van der Waals surface area contributed by atoms with Crippen LogP contribution in [-0.2, 0) is 16.0 Å². The Bertz CT molecular complexity index is 650. The highest BCUT2D eigenvalue weighted by Gasteiger charge is 2.27. The second-order valence-electron chi connectivity index (χ2n) is 7.14. The van der Waals surface area contributed by atoms with Gasteiger partial charge in [-0.05, 0) is 43.9 Å². The lowest BCUT2D eigenvalue weighted by Gasteiger charge is -2.36. The smallest absolute Gasteiger partial charge is 0.225 e. The molecule has 1 aromatic carbocycles. The van der Waals surface area contributed by atoms with Crippen LogP contribution in [0.5, 0.6) is 11.5 Å². The van der Waals surface area contributed by atoms with E-state index in [4.69, 9.17) is 9.47 Å². The highest BCUT2D eigenvalue weighted by molar-refractivity contribution is 5.80. The molecule has 2 rings (SSSR count). The van der Waals surface area contributed by atoms with Gasteiger partial charge in [0.05, 0.1) is 13.7 Å². The van der Waals surface area contributed by atoms with E-state index < -0.39 is 0 Å². The highest BCUT2D eigenvalue weighted by atomic mass is 16.5. The summed E-state index contributed by atoms with van der Waals surface area (Å²) in [7, 11) is 1.62. The second kappa shape index (κ2) is 10.9. The molecule has 0 unspecified atom stereocenters. The summed E-state index contributed by atoms with van der Waals surface area (Å²) >= 11 is 0. The Kier molecular flexibility index (Phi) is 8.61. The number of carbonyl (C=O) groups excluding carboxylic acids is 2. The highest BCUT2D eigenvalue weighted by Crippen LogP contribution is 2.28. The van der Waals surface area contributed by atoms with Crippen LogP contribution < -0.4 is 9.47 Å². The molecule has 28 heavy (non-hydrogen) atoms. The van der Waals surface area contributed by atoms with Gasteiger partial charge in [0.1, 0.15) is 0 Å². The van der Waals surface area contributed by atoms with E-state index in [2.05, 4.69) is 13.8 Å². The van der Waals surface area contributed by atoms with Crippen LogP contribution >= 0.6 is 0 Å². The first-order valence-electron chi connectivity index (χ1n) is 10.4.